The van der Waals surface area contributed by atoms with Crippen LogP contribution in [0.4, 0.5) is 15.8 Å². The Bertz CT molecular complexity index is 855. The highest BCUT2D eigenvalue weighted by Crippen LogP contribution is 2.20. The molecule has 0 saturated heterocycles. The van der Waals surface area contributed by atoms with Crippen LogP contribution in [-0.2, 0) is 14.6 Å². The number of carbonyl (C=O) groups excluding carboxylic acids is 1. The molecule has 0 aliphatic heterocycles. The summed E-state index contributed by atoms with van der Waals surface area (Å²) in [6.45, 7) is 1.90. The lowest BCUT2D eigenvalue weighted by Crippen LogP contribution is -2.15. The fourth-order valence-electron chi connectivity index (χ4n) is 2.06. The molecule has 0 heterocycles. The lowest BCUT2D eigenvalue weighted by atomic mass is 10.3. The van der Waals surface area contributed by atoms with E-state index in [2.05, 4.69) is 10.6 Å². The van der Waals surface area contributed by atoms with Crippen molar-refractivity contribution in [1.82, 2.24) is 0 Å². The van der Waals surface area contributed by atoms with Gasteiger partial charge in [-0.3, -0.25) is 4.79 Å². The summed E-state index contributed by atoms with van der Waals surface area (Å²) < 4.78 is 38.0. The van der Waals surface area contributed by atoms with E-state index in [1.807, 2.05) is 6.92 Å². The van der Waals surface area contributed by atoms with Crippen LogP contribution < -0.4 is 10.6 Å². The average Bonchev–Trinajstić information content (AvgIpc) is 2.57. The molecule has 0 fully saturated rings. The second-order valence-corrected chi connectivity index (χ2v) is 7.78. The van der Waals surface area contributed by atoms with E-state index >= 15 is 0 Å². The van der Waals surface area contributed by atoms with E-state index in [0.29, 0.717) is 17.8 Å². The minimum Gasteiger partial charge on any atom is -0.371 e. The molecule has 0 unspecified atom stereocenters. The van der Waals surface area contributed by atoms with Gasteiger partial charge in [-0.2, -0.15) is 0 Å². The maximum absolute atomic E-state index is 13.4. The number of rotatable bonds is 7. The summed E-state index contributed by atoms with van der Waals surface area (Å²) in [6, 6.07) is 9.87. The lowest BCUT2D eigenvalue weighted by molar-refractivity contribution is -0.116. The topological polar surface area (TPSA) is 75.3 Å². The monoisotopic (exact) mass is 384 g/mol. The smallest absolute Gasteiger partial charge is 0.224 e. The average molecular weight is 385 g/mol. The second-order valence-electron chi connectivity index (χ2n) is 5.39. The third kappa shape index (κ3) is 5.44. The van der Waals surface area contributed by atoms with Crippen LogP contribution in [0.5, 0.6) is 0 Å². The highest BCUT2D eigenvalue weighted by molar-refractivity contribution is 7.91. The number of carbonyl (C=O) groups is 1. The van der Waals surface area contributed by atoms with E-state index in [1.165, 1.54) is 36.4 Å². The van der Waals surface area contributed by atoms with Gasteiger partial charge in [-0.25, -0.2) is 12.8 Å². The van der Waals surface area contributed by atoms with Crippen LogP contribution in [0.2, 0.25) is 5.02 Å². The highest BCUT2D eigenvalue weighted by Gasteiger charge is 2.14. The molecule has 5 nitrogen and oxygen atoms in total. The lowest BCUT2D eigenvalue weighted by Gasteiger charge is -2.09. The molecule has 2 aromatic rings. The Labute approximate surface area is 151 Å². The summed E-state index contributed by atoms with van der Waals surface area (Å²) in [5.41, 5.74) is 0.846. The van der Waals surface area contributed by atoms with Crippen molar-refractivity contribution in [1.29, 1.82) is 0 Å². The Morgan fingerprint density at radius 2 is 1.76 bits per heavy atom. The van der Waals surface area contributed by atoms with E-state index in [4.69, 9.17) is 11.6 Å². The summed E-state index contributed by atoms with van der Waals surface area (Å²) in [4.78, 5) is 11.6. The third-order valence-corrected chi connectivity index (χ3v) is 5.18. The molecule has 0 spiro atoms. The van der Waals surface area contributed by atoms with E-state index in [-0.39, 0.29) is 15.8 Å². The van der Waals surface area contributed by atoms with Crippen molar-refractivity contribution in [3.8, 4) is 0 Å². The molecular weight excluding hydrogens is 367 g/mol. The van der Waals surface area contributed by atoms with Crippen molar-refractivity contribution in [2.75, 3.05) is 16.5 Å². The summed E-state index contributed by atoms with van der Waals surface area (Å²) >= 11 is 5.59. The predicted octanol–water partition coefficient (Wildman–Crippen LogP) is 4.06. The van der Waals surface area contributed by atoms with Gasteiger partial charge in [-0.15, -0.1) is 0 Å². The van der Waals surface area contributed by atoms with Crippen molar-refractivity contribution >= 4 is 38.7 Å². The Hall–Kier alpha value is -2.12. The zero-order valence-corrected chi connectivity index (χ0v) is 15.1. The molecule has 0 aliphatic rings. The van der Waals surface area contributed by atoms with Gasteiger partial charge in [-0.05, 0) is 48.9 Å². The molecule has 0 bridgehead atoms. The van der Waals surface area contributed by atoms with Crippen molar-refractivity contribution in [2.24, 2.45) is 0 Å². The first-order valence-electron chi connectivity index (χ1n) is 7.63. The van der Waals surface area contributed by atoms with Crippen LogP contribution in [0.1, 0.15) is 19.8 Å². The summed E-state index contributed by atoms with van der Waals surface area (Å²) in [7, 11) is -3.62. The molecule has 0 aromatic heterocycles. The van der Waals surface area contributed by atoms with Crippen molar-refractivity contribution < 1.29 is 17.6 Å². The maximum atomic E-state index is 13.4. The summed E-state index contributed by atoms with van der Waals surface area (Å²) in [5, 5.41) is 5.31. The molecule has 25 heavy (non-hydrogen) atoms. The number of nitrogens with one attached hydrogen (secondary N) is 2. The SMILES string of the molecule is CCCC(=O)Nc1ccc(S(=O)(=O)CNc2ccc(Cl)c(F)c2)cc1. The molecule has 0 saturated carbocycles. The molecule has 134 valence electrons. The fraction of sp³-hybridized carbons (Fsp3) is 0.235. The number of anilines is 2. The van der Waals surface area contributed by atoms with Gasteiger partial charge in [-0.1, -0.05) is 18.5 Å². The summed E-state index contributed by atoms with van der Waals surface area (Å²) in [6.07, 6.45) is 1.14. The number of amides is 1. The zero-order chi connectivity index (χ0) is 18.4. The predicted molar refractivity (Wildman–Crippen MR) is 97.1 cm³/mol. The molecule has 2 N–H and O–H groups in total. The third-order valence-electron chi connectivity index (χ3n) is 3.36. The minimum absolute atomic E-state index is 0.0332. The Kier molecular flexibility index (Phi) is 6.39. The van der Waals surface area contributed by atoms with Gasteiger partial charge >= 0.3 is 0 Å². The van der Waals surface area contributed by atoms with Crippen molar-refractivity contribution in [2.45, 2.75) is 24.7 Å². The molecule has 1 amide bonds. The quantitative estimate of drug-likeness (QED) is 0.754. The van der Waals surface area contributed by atoms with E-state index < -0.39 is 21.5 Å². The minimum atomic E-state index is -3.62. The van der Waals surface area contributed by atoms with Gasteiger partial charge in [0, 0.05) is 17.8 Å². The first-order chi connectivity index (χ1) is 11.8. The number of sulfone groups is 1. The number of halogens is 2. The number of hydrogen-bond donors (Lipinski definition) is 2. The van der Waals surface area contributed by atoms with Crippen LogP contribution in [0.25, 0.3) is 0 Å². The van der Waals surface area contributed by atoms with Gasteiger partial charge in [0.25, 0.3) is 0 Å². The van der Waals surface area contributed by atoms with Crippen LogP contribution in [0.3, 0.4) is 0 Å². The van der Waals surface area contributed by atoms with E-state index in [1.54, 1.807) is 0 Å². The van der Waals surface area contributed by atoms with Crippen LogP contribution in [-0.4, -0.2) is 20.2 Å². The zero-order valence-electron chi connectivity index (χ0n) is 13.6. The summed E-state index contributed by atoms with van der Waals surface area (Å²) in [5.74, 6) is -1.14. The largest absolute Gasteiger partial charge is 0.371 e. The molecule has 0 aliphatic carbocycles. The molecule has 2 rings (SSSR count). The van der Waals surface area contributed by atoms with Gasteiger partial charge in [0.15, 0.2) is 9.84 Å². The van der Waals surface area contributed by atoms with E-state index in [9.17, 15) is 17.6 Å². The van der Waals surface area contributed by atoms with Crippen molar-refractivity contribution in [3.63, 3.8) is 0 Å². The van der Waals surface area contributed by atoms with Gasteiger partial charge in [0.2, 0.25) is 5.91 Å². The van der Waals surface area contributed by atoms with Gasteiger partial charge in [0.05, 0.1) is 9.92 Å². The number of hydrogen-bond acceptors (Lipinski definition) is 4. The molecule has 0 radical (unpaired) electrons. The Morgan fingerprint density at radius 3 is 2.36 bits per heavy atom. The first-order valence-corrected chi connectivity index (χ1v) is 9.66. The molecule has 8 heteroatoms. The van der Waals surface area contributed by atoms with Gasteiger partial charge in [0.1, 0.15) is 11.7 Å². The normalized spacial score (nSPS) is 11.2. The van der Waals surface area contributed by atoms with E-state index in [0.717, 1.165) is 12.5 Å². The Morgan fingerprint density at radius 1 is 1.12 bits per heavy atom. The van der Waals surface area contributed by atoms with Crippen LogP contribution >= 0.6 is 11.6 Å². The molecule has 0 atom stereocenters. The van der Waals surface area contributed by atoms with Gasteiger partial charge < -0.3 is 10.6 Å². The standard InChI is InChI=1S/C17H18ClFN2O3S/c1-2-3-17(22)21-12-4-7-14(8-5-12)25(23,24)11-20-13-6-9-15(18)16(19)10-13/h4-10,20H,2-3,11H2,1H3,(H,21,22). The second kappa shape index (κ2) is 8.31. The van der Waals surface area contributed by atoms with Crippen LogP contribution in [0, 0.1) is 5.82 Å². The number of benzene rings is 2. The van der Waals surface area contributed by atoms with Crippen molar-refractivity contribution in [3.05, 3.63) is 53.3 Å². The fourth-order valence-corrected chi connectivity index (χ4v) is 3.26. The first kappa shape index (κ1) is 19.2. The molecule has 2 aromatic carbocycles. The highest BCUT2D eigenvalue weighted by atomic mass is 35.5. The maximum Gasteiger partial charge on any atom is 0.224 e. The molecular formula is C17H18ClFN2O3S. The van der Waals surface area contributed by atoms with Crippen LogP contribution in [0.15, 0.2) is 47.4 Å². The Balaban J connectivity index is 2.03.